The number of benzene rings is 3. The van der Waals surface area contributed by atoms with Crippen molar-refractivity contribution in [2.45, 2.75) is 6.61 Å². The molecule has 0 atom stereocenters. The van der Waals surface area contributed by atoms with Crippen LogP contribution in [0.3, 0.4) is 0 Å². The number of hydrogen-bond acceptors (Lipinski definition) is 6. The summed E-state index contributed by atoms with van der Waals surface area (Å²) in [5, 5.41) is 22.8. The summed E-state index contributed by atoms with van der Waals surface area (Å²) in [5.41, 5.74) is 0.787. The number of ether oxygens (including phenoxy) is 2. The minimum atomic E-state index is -0.757. The van der Waals surface area contributed by atoms with Gasteiger partial charge in [-0.05, 0) is 64.1 Å². The van der Waals surface area contributed by atoms with Crippen molar-refractivity contribution in [2.75, 3.05) is 12.4 Å². The summed E-state index contributed by atoms with van der Waals surface area (Å²) < 4.78 is 25.7. The van der Waals surface area contributed by atoms with Gasteiger partial charge in [0, 0.05) is 12.1 Å². The number of carbonyl (C=O) groups excluding carboxylic acids is 1. The van der Waals surface area contributed by atoms with Gasteiger partial charge in [0.1, 0.15) is 24.1 Å². The van der Waals surface area contributed by atoms with Crippen molar-refractivity contribution >= 4 is 45.9 Å². The van der Waals surface area contributed by atoms with Gasteiger partial charge in [0.25, 0.3) is 11.6 Å². The molecule has 8 nitrogen and oxygen atoms in total. The average molecular weight is 573 g/mol. The first kappa shape index (κ1) is 24.7. The molecule has 172 valence electrons. The number of nitro groups is 1. The number of rotatable bonds is 8. The summed E-state index contributed by atoms with van der Waals surface area (Å²) in [5.74, 6) is -0.626. The van der Waals surface area contributed by atoms with Crippen LogP contribution in [0.15, 0.2) is 66.2 Å². The van der Waals surface area contributed by atoms with Crippen molar-refractivity contribution in [3.8, 4) is 17.6 Å². The number of amides is 1. The van der Waals surface area contributed by atoms with E-state index < -0.39 is 16.6 Å². The second kappa shape index (κ2) is 11.2. The van der Waals surface area contributed by atoms with Crippen LogP contribution in [0.5, 0.6) is 11.5 Å². The van der Waals surface area contributed by atoms with Crippen molar-refractivity contribution in [3.05, 3.63) is 96.9 Å². The molecule has 0 bridgehead atoms. The Bertz CT molecular complexity index is 1320. The van der Waals surface area contributed by atoms with Gasteiger partial charge in [-0.3, -0.25) is 14.9 Å². The number of nitro benzene ring substituents is 1. The van der Waals surface area contributed by atoms with Gasteiger partial charge in [0.2, 0.25) is 0 Å². The molecule has 0 saturated heterocycles. The Morgan fingerprint density at radius 1 is 1.24 bits per heavy atom. The Kier molecular flexibility index (Phi) is 8.15. The fourth-order valence-corrected chi connectivity index (χ4v) is 3.73. The molecule has 0 aliphatic carbocycles. The van der Waals surface area contributed by atoms with E-state index in [9.17, 15) is 24.6 Å². The van der Waals surface area contributed by atoms with Crippen LogP contribution in [0, 0.1) is 30.8 Å². The second-order valence-electron chi connectivity index (χ2n) is 6.85. The van der Waals surface area contributed by atoms with Gasteiger partial charge < -0.3 is 14.8 Å². The zero-order valence-electron chi connectivity index (χ0n) is 17.7. The fourth-order valence-electron chi connectivity index (χ4n) is 2.95. The van der Waals surface area contributed by atoms with E-state index in [2.05, 4.69) is 5.32 Å². The molecular weight excluding hydrogens is 556 g/mol. The normalized spacial score (nSPS) is 10.8. The molecule has 1 amide bonds. The third-order valence-electron chi connectivity index (χ3n) is 4.55. The monoisotopic (exact) mass is 573 g/mol. The number of nitrogens with one attached hydrogen (secondary N) is 1. The molecule has 0 aliphatic heterocycles. The zero-order chi connectivity index (χ0) is 24.7. The number of hydrogen-bond donors (Lipinski definition) is 1. The van der Waals surface area contributed by atoms with E-state index in [1.807, 2.05) is 28.7 Å². The standard InChI is InChI=1S/C24H17FIN3O5/c1-33-22-12-16(9-17(13-27)24(30)28-21-8-3-2-7-19(21)25)11-20(26)23(22)34-14-15-5-4-6-18(10-15)29(31)32/h2-12H,14H2,1H3,(H,28,30)/b17-9-. The van der Waals surface area contributed by atoms with E-state index in [1.54, 1.807) is 30.3 Å². The number of nitriles is 1. The van der Waals surface area contributed by atoms with Gasteiger partial charge in [-0.15, -0.1) is 0 Å². The first-order chi connectivity index (χ1) is 16.3. The maximum absolute atomic E-state index is 13.8. The quantitative estimate of drug-likeness (QED) is 0.126. The van der Waals surface area contributed by atoms with Gasteiger partial charge in [0.05, 0.1) is 21.3 Å². The minimum Gasteiger partial charge on any atom is -0.493 e. The third-order valence-corrected chi connectivity index (χ3v) is 5.36. The number of carbonyl (C=O) groups is 1. The van der Waals surface area contributed by atoms with Crippen LogP contribution in [-0.4, -0.2) is 17.9 Å². The lowest BCUT2D eigenvalue weighted by Crippen LogP contribution is -2.14. The van der Waals surface area contributed by atoms with E-state index in [0.717, 1.165) is 0 Å². The lowest BCUT2D eigenvalue weighted by atomic mass is 10.1. The fraction of sp³-hybridized carbons (Fsp3) is 0.0833. The molecule has 3 aromatic carbocycles. The molecule has 34 heavy (non-hydrogen) atoms. The smallest absolute Gasteiger partial charge is 0.269 e. The maximum atomic E-state index is 13.8. The summed E-state index contributed by atoms with van der Waals surface area (Å²) in [6.45, 7) is 0.0672. The molecule has 0 spiro atoms. The predicted molar refractivity (Wildman–Crippen MR) is 132 cm³/mol. The number of para-hydroxylation sites is 1. The maximum Gasteiger partial charge on any atom is 0.269 e. The van der Waals surface area contributed by atoms with Crippen LogP contribution in [0.1, 0.15) is 11.1 Å². The van der Waals surface area contributed by atoms with Crippen LogP contribution >= 0.6 is 22.6 Å². The molecule has 10 heteroatoms. The largest absolute Gasteiger partial charge is 0.493 e. The molecule has 0 saturated carbocycles. The highest BCUT2D eigenvalue weighted by Gasteiger charge is 2.16. The first-order valence-electron chi connectivity index (χ1n) is 9.73. The Balaban J connectivity index is 1.83. The third kappa shape index (κ3) is 6.08. The highest BCUT2D eigenvalue weighted by Crippen LogP contribution is 2.35. The Labute approximate surface area is 207 Å². The Hall–Kier alpha value is -3.98. The molecule has 3 rings (SSSR count). The molecule has 0 unspecified atom stereocenters. The second-order valence-corrected chi connectivity index (χ2v) is 8.02. The summed E-state index contributed by atoms with van der Waals surface area (Å²) in [6.07, 6.45) is 1.35. The average Bonchev–Trinajstić information content (AvgIpc) is 2.83. The van der Waals surface area contributed by atoms with Crippen molar-refractivity contribution in [2.24, 2.45) is 0 Å². The highest BCUT2D eigenvalue weighted by atomic mass is 127. The van der Waals surface area contributed by atoms with Crippen molar-refractivity contribution in [1.29, 1.82) is 5.26 Å². The zero-order valence-corrected chi connectivity index (χ0v) is 19.9. The predicted octanol–water partition coefficient (Wildman–Crippen LogP) is 5.47. The van der Waals surface area contributed by atoms with Gasteiger partial charge in [-0.1, -0.05) is 24.3 Å². The highest BCUT2D eigenvalue weighted by molar-refractivity contribution is 14.1. The van der Waals surface area contributed by atoms with E-state index in [1.165, 1.54) is 43.5 Å². The van der Waals surface area contributed by atoms with Gasteiger partial charge >= 0.3 is 0 Å². The summed E-state index contributed by atoms with van der Waals surface area (Å²) in [6, 6.07) is 16.8. The number of methoxy groups -OCH3 is 1. The summed E-state index contributed by atoms with van der Waals surface area (Å²) in [4.78, 5) is 23.0. The van der Waals surface area contributed by atoms with Gasteiger partial charge in [0.15, 0.2) is 11.5 Å². The molecule has 0 radical (unpaired) electrons. The number of halogens is 2. The lowest BCUT2D eigenvalue weighted by Gasteiger charge is -2.14. The summed E-state index contributed by atoms with van der Waals surface area (Å²) in [7, 11) is 1.44. The van der Waals surface area contributed by atoms with E-state index in [-0.39, 0.29) is 23.6 Å². The van der Waals surface area contributed by atoms with Crippen LogP contribution in [0.2, 0.25) is 0 Å². The Morgan fingerprint density at radius 3 is 2.68 bits per heavy atom. The van der Waals surface area contributed by atoms with Crippen molar-refractivity contribution in [1.82, 2.24) is 0 Å². The minimum absolute atomic E-state index is 0.0364. The van der Waals surface area contributed by atoms with Crippen LogP contribution in [-0.2, 0) is 11.4 Å². The molecule has 0 aliphatic rings. The number of anilines is 1. The van der Waals surface area contributed by atoms with Crippen molar-refractivity contribution < 1.29 is 23.6 Å². The molecule has 3 aromatic rings. The van der Waals surface area contributed by atoms with Crippen LogP contribution < -0.4 is 14.8 Å². The van der Waals surface area contributed by atoms with Crippen LogP contribution in [0.25, 0.3) is 6.08 Å². The van der Waals surface area contributed by atoms with Crippen molar-refractivity contribution in [3.63, 3.8) is 0 Å². The van der Waals surface area contributed by atoms with Crippen LogP contribution in [0.4, 0.5) is 15.8 Å². The van der Waals surface area contributed by atoms with Gasteiger partial charge in [-0.2, -0.15) is 5.26 Å². The first-order valence-corrected chi connectivity index (χ1v) is 10.8. The SMILES string of the molecule is COc1cc(/C=C(/C#N)C(=O)Nc2ccccc2F)cc(I)c1OCc1cccc([N+](=O)[O-])c1. The topological polar surface area (TPSA) is 114 Å². The lowest BCUT2D eigenvalue weighted by molar-refractivity contribution is -0.384. The van der Waals surface area contributed by atoms with E-state index >= 15 is 0 Å². The Morgan fingerprint density at radius 2 is 2.00 bits per heavy atom. The molecule has 0 fully saturated rings. The number of nitrogens with zero attached hydrogens (tertiary/aromatic N) is 2. The molecule has 0 aromatic heterocycles. The molecular formula is C24H17FIN3O5. The summed E-state index contributed by atoms with van der Waals surface area (Å²) >= 11 is 2.02. The molecule has 0 heterocycles. The number of non-ortho nitro benzene ring substituents is 1. The van der Waals surface area contributed by atoms with Gasteiger partial charge in [-0.25, -0.2) is 4.39 Å². The molecule has 1 N–H and O–H groups in total. The van der Waals surface area contributed by atoms with E-state index in [0.29, 0.717) is 26.2 Å². The van der Waals surface area contributed by atoms with E-state index in [4.69, 9.17) is 9.47 Å².